The summed E-state index contributed by atoms with van der Waals surface area (Å²) in [5.74, 6) is 0.152. The molecular formula is C33H42N6O4S2. The molecular weight excluding hydrogens is 609 g/mol. The lowest BCUT2D eigenvalue weighted by Crippen LogP contribution is -2.36. The van der Waals surface area contributed by atoms with Crippen LogP contribution in [0.5, 0.6) is 0 Å². The van der Waals surface area contributed by atoms with Crippen LogP contribution in [-0.4, -0.2) is 58.1 Å². The molecule has 3 N–H and O–H groups in total. The summed E-state index contributed by atoms with van der Waals surface area (Å²) in [6, 6.07) is 9.03. The lowest BCUT2D eigenvalue weighted by atomic mass is 10.0. The molecule has 1 aliphatic heterocycles. The van der Waals surface area contributed by atoms with Crippen molar-refractivity contribution in [2.75, 3.05) is 19.6 Å². The Kier molecular flexibility index (Phi) is 11.3. The van der Waals surface area contributed by atoms with E-state index < -0.39 is 6.04 Å². The minimum atomic E-state index is -0.470. The molecule has 240 valence electrons. The van der Waals surface area contributed by atoms with Gasteiger partial charge in [-0.15, -0.1) is 22.7 Å². The van der Waals surface area contributed by atoms with E-state index in [0.29, 0.717) is 79.3 Å². The summed E-state index contributed by atoms with van der Waals surface area (Å²) in [7, 11) is 0. The van der Waals surface area contributed by atoms with Gasteiger partial charge in [0.2, 0.25) is 11.8 Å². The fraction of sp³-hybridized carbons (Fsp3) is 0.515. The zero-order valence-electron chi connectivity index (χ0n) is 25.9. The monoisotopic (exact) mass is 650 g/mol. The number of nitrogens with one attached hydrogen (secondary N) is 3. The average Bonchev–Trinajstić information content (AvgIpc) is 3.46. The van der Waals surface area contributed by atoms with Crippen molar-refractivity contribution in [1.82, 2.24) is 30.8 Å². The molecule has 0 saturated heterocycles. The van der Waals surface area contributed by atoms with Gasteiger partial charge in [-0.05, 0) is 55.9 Å². The quantitative estimate of drug-likeness (QED) is 0.342. The van der Waals surface area contributed by atoms with E-state index in [1.54, 1.807) is 10.8 Å². The van der Waals surface area contributed by atoms with E-state index in [9.17, 15) is 19.2 Å². The molecule has 1 fully saturated rings. The molecule has 45 heavy (non-hydrogen) atoms. The minimum absolute atomic E-state index is 0.100. The van der Waals surface area contributed by atoms with Gasteiger partial charge in [0.25, 0.3) is 11.8 Å². The number of fused-ring (bicyclic) bond motifs is 4. The van der Waals surface area contributed by atoms with Crippen LogP contribution in [0.1, 0.15) is 107 Å². The normalized spacial score (nSPS) is 20.6. The maximum atomic E-state index is 13.5. The van der Waals surface area contributed by atoms with Crippen molar-refractivity contribution in [1.29, 1.82) is 0 Å². The Morgan fingerprint density at radius 1 is 0.911 bits per heavy atom. The number of thiazole rings is 2. The van der Waals surface area contributed by atoms with Crippen LogP contribution in [0.2, 0.25) is 0 Å². The second-order valence-electron chi connectivity index (χ2n) is 12.3. The van der Waals surface area contributed by atoms with E-state index in [-0.39, 0.29) is 41.8 Å². The Hall–Kier alpha value is -3.64. The van der Waals surface area contributed by atoms with Crippen LogP contribution in [0.15, 0.2) is 41.1 Å². The number of hydrogen-bond donors (Lipinski definition) is 3. The Bertz CT molecular complexity index is 1470. The van der Waals surface area contributed by atoms with Crippen LogP contribution < -0.4 is 16.0 Å². The summed E-state index contributed by atoms with van der Waals surface area (Å²) in [4.78, 5) is 63.7. The van der Waals surface area contributed by atoms with Gasteiger partial charge < -0.3 is 20.9 Å². The Labute approximate surface area is 272 Å². The molecule has 1 aliphatic carbocycles. The van der Waals surface area contributed by atoms with Crippen LogP contribution in [-0.2, 0) is 16.0 Å². The molecule has 1 aromatic carbocycles. The molecule has 3 heterocycles. The third-order valence-electron chi connectivity index (χ3n) is 7.97. The fourth-order valence-electron chi connectivity index (χ4n) is 5.40. The molecule has 2 aromatic heterocycles. The smallest absolute Gasteiger partial charge is 0.271 e. The highest BCUT2D eigenvalue weighted by molar-refractivity contribution is 7.10. The number of nitrogens with zero attached hydrogens (tertiary/aromatic N) is 3. The topological polar surface area (TPSA) is 133 Å². The number of aromatic nitrogens is 2. The molecule has 2 aliphatic rings. The summed E-state index contributed by atoms with van der Waals surface area (Å²) >= 11 is 2.69. The van der Waals surface area contributed by atoms with Gasteiger partial charge in [-0.3, -0.25) is 19.2 Å². The van der Waals surface area contributed by atoms with Crippen molar-refractivity contribution in [3.8, 4) is 0 Å². The van der Waals surface area contributed by atoms with Gasteiger partial charge in [-0.1, -0.05) is 44.2 Å². The van der Waals surface area contributed by atoms with Crippen molar-refractivity contribution in [3.05, 3.63) is 68.1 Å². The van der Waals surface area contributed by atoms with Crippen LogP contribution in [0.25, 0.3) is 0 Å². The number of benzene rings is 1. The van der Waals surface area contributed by atoms with Crippen LogP contribution >= 0.6 is 22.7 Å². The summed E-state index contributed by atoms with van der Waals surface area (Å²) in [6.07, 6.45) is 5.33. The first-order valence-corrected chi connectivity index (χ1v) is 17.6. The van der Waals surface area contributed by atoms with Crippen molar-refractivity contribution >= 4 is 46.3 Å². The maximum absolute atomic E-state index is 13.5. The first kappa shape index (κ1) is 32.7. The highest BCUT2D eigenvalue weighted by Crippen LogP contribution is 2.33. The highest BCUT2D eigenvalue weighted by atomic mass is 32.1. The van der Waals surface area contributed by atoms with Crippen molar-refractivity contribution in [3.63, 3.8) is 0 Å². The van der Waals surface area contributed by atoms with Gasteiger partial charge in [0.15, 0.2) is 0 Å². The predicted molar refractivity (Wildman–Crippen MR) is 175 cm³/mol. The second kappa shape index (κ2) is 15.6. The summed E-state index contributed by atoms with van der Waals surface area (Å²) in [5, 5.41) is 13.9. The van der Waals surface area contributed by atoms with Crippen molar-refractivity contribution < 1.29 is 19.2 Å². The molecule has 0 unspecified atom stereocenters. The molecule has 0 spiro atoms. The molecule has 5 rings (SSSR count). The molecule has 1 saturated carbocycles. The zero-order valence-corrected chi connectivity index (χ0v) is 27.6. The number of rotatable bonds is 6. The van der Waals surface area contributed by atoms with Gasteiger partial charge in [-0.2, -0.15) is 0 Å². The third kappa shape index (κ3) is 9.67. The number of hydrogen-bond acceptors (Lipinski definition) is 8. The first-order chi connectivity index (χ1) is 21.7. The fourth-order valence-corrected chi connectivity index (χ4v) is 7.11. The lowest BCUT2D eigenvalue weighted by Gasteiger charge is -2.23. The minimum Gasteiger partial charge on any atom is -0.351 e. The van der Waals surface area contributed by atoms with Gasteiger partial charge in [0.05, 0.1) is 12.1 Å². The molecule has 3 aromatic rings. The van der Waals surface area contributed by atoms with E-state index in [1.807, 2.05) is 35.2 Å². The van der Waals surface area contributed by atoms with Gasteiger partial charge in [0, 0.05) is 43.2 Å². The van der Waals surface area contributed by atoms with E-state index in [0.717, 1.165) is 18.4 Å². The largest absolute Gasteiger partial charge is 0.351 e. The van der Waals surface area contributed by atoms with Crippen LogP contribution in [0, 0.1) is 11.8 Å². The van der Waals surface area contributed by atoms with Crippen LogP contribution in [0.4, 0.5) is 0 Å². The predicted octanol–water partition coefficient (Wildman–Crippen LogP) is 5.06. The summed E-state index contributed by atoms with van der Waals surface area (Å²) in [5.41, 5.74) is 1.60. The highest BCUT2D eigenvalue weighted by Gasteiger charge is 2.28. The molecule has 4 bridgehead atoms. The lowest BCUT2D eigenvalue weighted by molar-refractivity contribution is -0.132. The zero-order chi connectivity index (χ0) is 31.8. The van der Waals surface area contributed by atoms with E-state index in [1.165, 1.54) is 22.7 Å². The van der Waals surface area contributed by atoms with E-state index in [4.69, 9.17) is 0 Å². The standard InChI is InChI=1S/C33H42N6O4S2/c1-21(2)16-24-32-38-27(20-45-32)31(43)36-25(17-22-8-4-3-5-9-22)33-37-26(19-44-33)30(42)34-13-7-15-39(14-6-10-28(40)35-24)29(41)18-23-11-12-23/h3-5,8-9,19-21,23-25H,6-7,10-18H2,1-2H3,(H,34,42)(H,35,40)(H,36,43)/t24-,25-/m0/s1. The van der Waals surface area contributed by atoms with Gasteiger partial charge in [-0.25, -0.2) is 9.97 Å². The van der Waals surface area contributed by atoms with Gasteiger partial charge >= 0.3 is 0 Å². The molecule has 0 radical (unpaired) electrons. The summed E-state index contributed by atoms with van der Waals surface area (Å²) < 4.78 is 0. The average molecular weight is 651 g/mol. The van der Waals surface area contributed by atoms with Crippen molar-refractivity contribution in [2.24, 2.45) is 11.8 Å². The summed E-state index contributed by atoms with van der Waals surface area (Å²) in [6.45, 7) is 5.58. The third-order valence-corrected chi connectivity index (χ3v) is 9.89. The number of carbonyl (C=O) groups is 4. The van der Waals surface area contributed by atoms with E-state index >= 15 is 0 Å². The maximum Gasteiger partial charge on any atom is 0.271 e. The molecule has 12 heteroatoms. The van der Waals surface area contributed by atoms with Gasteiger partial charge in [0.1, 0.15) is 21.4 Å². The Morgan fingerprint density at radius 2 is 1.58 bits per heavy atom. The second-order valence-corrected chi connectivity index (χ2v) is 14.1. The molecule has 2 atom stereocenters. The Balaban J connectivity index is 1.39. The number of amides is 4. The van der Waals surface area contributed by atoms with Crippen LogP contribution in [0.3, 0.4) is 0 Å². The SMILES string of the molecule is CC(C)C[C@@H]1NC(=O)CCCN(C(=O)CC2CC2)CCCNC(=O)c2csc(n2)[C@H](Cc2ccccc2)NC(=O)c2csc1n2. The van der Waals surface area contributed by atoms with E-state index in [2.05, 4.69) is 39.8 Å². The molecule has 10 nitrogen and oxygen atoms in total. The first-order valence-electron chi connectivity index (χ1n) is 15.9. The van der Waals surface area contributed by atoms with Crippen molar-refractivity contribution in [2.45, 2.75) is 77.3 Å². The molecule has 4 amide bonds. The Morgan fingerprint density at radius 3 is 2.27 bits per heavy atom. The number of carbonyl (C=O) groups excluding carboxylic acids is 4.